The molecule has 2 aromatic heterocycles. The Bertz CT molecular complexity index is 1660. The lowest BCUT2D eigenvalue weighted by Gasteiger charge is -2.71. The van der Waals surface area contributed by atoms with Crippen LogP contribution in [0, 0.1) is 44.8 Å². The van der Waals surface area contributed by atoms with Crippen molar-refractivity contribution in [1.29, 1.82) is 0 Å². The Hall–Kier alpha value is -2.58. The van der Waals surface area contributed by atoms with Crippen molar-refractivity contribution in [2.75, 3.05) is 32.0 Å². The zero-order valence-corrected chi connectivity index (χ0v) is 30.5. The van der Waals surface area contributed by atoms with Crippen LogP contribution in [0.5, 0.6) is 0 Å². The van der Waals surface area contributed by atoms with Gasteiger partial charge in [0.2, 0.25) is 0 Å². The summed E-state index contributed by atoms with van der Waals surface area (Å²) in [5.74, 6) is 1.07. The Morgan fingerprint density at radius 3 is 2.50 bits per heavy atom. The van der Waals surface area contributed by atoms with Crippen LogP contribution in [0.4, 0.5) is 5.82 Å². The standard InChI is InChI=1S/C40H59N5O3/c1-35(2)10-12-40(34(46)47)13-11-39(7)31(28(40)21-35)26(24-18-25(42-22-24)23-45-14-16-48-17-15-45)19-30-37(5)20-27-32(43-44-33(27)41)36(3,4)29(37)8-9-38(30,39)6/h18,22,28-30,42H,8-17,19-21,23H2,1-7H3,(H,46,47)(H3,41,43,44). The first kappa shape index (κ1) is 32.6. The van der Waals surface area contributed by atoms with E-state index in [-0.39, 0.29) is 33.0 Å². The number of aromatic nitrogens is 3. The number of rotatable bonds is 4. The third kappa shape index (κ3) is 4.32. The number of nitrogen functional groups attached to an aromatic ring is 1. The van der Waals surface area contributed by atoms with Crippen molar-refractivity contribution < 1.29 is 14.6 Å². The second-order valence-electron chi connectivity index (χ2n) is 19.0. The van der Waals surface area contributed by atoms with Gasteiger partial charge >= 0.3 is 5.97 Å². The van der Waals surface area contributed by atoms with Gasteiger partial charge in [0, 0.05) is 48.2 Å². The molecule has 6 aliphatic rings. The van der Waals surface area contributed by atoms with Crippen molar-refractivity contribution in [3.8, 4) is 0 Å². The van der Waals surface area contributed by atoms with Gasteiger partial charge in [0.05, 0.1) is 18.6 Å². The highest BCUT2D eigenvalue weighted by molar-refractivity contribution is 5.80. The zero-order chi connectivity index (χ0) is 34.1. The summed E-state index contributed by atoms with van der Waals surface area (Å²) in [5, 5.41) is 19.0. The highest BCUT2D eigenvalue weighted by atomic mass is 16.5. The normalized spacial score (nSPS) is 40.3. The molecule has 5 aliphatic carbocycles. The number of allylic oxidation sites excluding steroid dienone is 2. The summed E-state index contributed by atoms with van der Waals surface area (Å²) in [6.07, 6.45) is 10.9. The van der Waals surface area contributed by atoms with E-state index in [2.05, 4.69) is 80.8 Å². The smallest absolute Gasteiger partial charge is 0.310 e. The number of carboxylic acid groups (broad SMARTS) is 1. The molecular weight excluding hydrogens is 598 g/mol. The lowest BCUT2D eigenvalue weighted by atomic mass is 9.33. The van der Waals surface area contributed by atoms with E-state index in [1.54, 1.807) is 0 Å². The van der Waals surface area contributed by atoms with E-state index in [0.717, 1.165) is 77.8 Å². The van der Waals surface area contributed by atoms with Crippen LogP contribution in [0.25, 0.3) is 5.57 Å². The Kier molecular flexibility index (Phi) is 7.12. The molecule has 7 atom stereocenters. The predicted molar refractivity (Wildman–Crippen MR) is 189 cm³/mol. The summed E-state index contributed by atoms with van der Waals surface area (Å²) in [5.41, 5.74) is 13.9. The van der Waals surface area contributed by atoms with Crippen LogP contribution in [-0.4, -0.2) is 57.5 Å². The third-order valence-electron chi connectivity index (χ3n) is 16.0. The highest BCUT2D eigenvalue weighted by Gasteiger charge is 2.70. The fraction of sp³-hybridized carbons (Fsp3) is 0.750. The van der Waals surface area contributed by atoms with Gasteiger partial charge in [-0.15, -0.1) is 0 Å². The molecule has 7 unspecified atom stereocenters. The number of H-pyrrole nitrogens is 2. The highest BCUT2D eigenvalue weighted by Crippen LogP contribution is 2.77. The maximum absolute atomic E-state index is 13.5. The third-order valence-corrected chi connectivity index (χ3v) is 16.0. The Morgan fingerprint density at radius 2 is 1.77 bits per heavy atom. The molecular formula is C40H59N5O3. The molecule has 3 heterocycles. The summed E-state index contributed by atoms with van der Waals surface area (Å²) >= 11 is 0. The number of anilines is 1. The number of carboxylic acids is 1. The molecule has 0 spiro atoms. The summed E-state index contributed by atoms with van der Waals surface area (Å²) in [6, 6.07) is 2.41. The van der Waals surface area contributed by atoms with Crippen molar-refractivity contribution in [1.82, 2.24) is 20.1 Å². The lowest BCUT2D eigenvalue weighted by Crippen LogP contribution is -2.65. The average molecular weight is 658 g/mol. The number of ether oxygens (including phenoxy) is 1. The van der Waals surface area contributed by atoms with Gasteiger partial charge in [-0.05, 0) is 114 Å². The number of hydrogen-bond acceptors (Lipinski definition) is 5. The summed E-state index contributed by atoms with van der Waals surface area (Å²) in [7, 11) is 0. The molecule has 48 heavy (non-hydrogen) atoms. The Labute approximate surface area is 287 Å². The predicted octanol–water partition coefficient (Wildman–Crippen LogP) is 7.58. The minimum atomic E-state index is -0.681. The molecule has 0 radical (unpaired) electrons. The van der Waals surface area contributed by atoms with E-state index in [1.807, 2.05) is 0 Å². The van der Waals surface area contributed by atoms with Crippen molar-refractivity contribution >= 4 is 17.4 Å². The van der Waals surface area contributed by atoms with Gasteiger partial charge in [0.15, 0.2) is 0 Å². The number of carbonyl (C=O) groups is 1. The van der Waals surface area contributed by atoms with Crippen LogP contribution >= 0.6 is 0 Å². The summed E-state index contributed by atoms with van der Waals surface area (Å²) in [6.45, 7) is 21.7. The number of aliphatic carboxylic acids is 1. The molecule has 0 aromatic carbocycles. The first-order valence-electron chi connectivity index (χ1n) is 18.8. The van der Waals surface area contributed by atoms with E-state index in [4.69, 9.17) is 10.5 Å². The van der Waals surface area contributed by atoms with Crippen molar-refractivity contribution in [3.05, 3.63) is 40.4 Å². The second-order valence-corrected chi connectivity index (χ2v) is 19.0. The quantitative estimate of drug-likeness (QED) is 0.269. The fourth-order valence-corrected chi connectivity index (χ4v) is 13.2. The van der Waals surface area contributed by atoms with E-state index in [9.17, 15) is 9.90 Å². The van der Waals surface area contributed by atoms with Gasteiger partial charge in [-0.2, -0.15) is 5.10 Å². The van der Waals surface area contributed by atoms with Gasteiger partial charge in [-0.1, -0.05) is 54.0 Å². The van der Waals surface area contributed by atoms with E-state index >= 15 is 0 Å². The molecule has 8 nitrogen and oxygen atoms in total. The van der Waals surface area contributed by atoms with E-state index < -0.39 is 11.4 Å². The van der Waals surface area contributed by atoms with Crippen molar-refractivity contribution in [3.63, 3.8) is 0 Å². The number of aromatic amines is 2. The van der Waals surface area contributed by atoms with Crippen LogP contribution in [0.3, 0.4) is 0 Å². The fourth-order valence-electron chi connectivity index (χ4n) is 13.2. The summed E-state index contributed by atoms with van der Waals surface area (Å²) in [4.78, 5) is 19.7. The zero-order valence-electron chi connectivity index (χ0n) is 30.5. The van der Waals surface area contributed by atoms with Crippen LogP contribution in [0.1, 0.15) is 122 Å². The number of hydrogen-bond donors (Lipinski definition) is 4. The molecule has 3 saturated carbocycles. The van der Waals surface area contributed by atoms with Crippen LogP contribution in [-0.2, 0) is 27.9 Å². The minimum absolute atomic E-state index is 0.0292. The van der Waals surface area contributed by atoms with Crippen LogP contribution in [0.2, 0.25) is 0 Å². The molecule has 8 heteroatoms. The molecule has 1 saturated heterocycles. The van der Waals surface area contributed by atoms with Gasteiger partial charge < -0.3 is 20.6 Å². The molecule has 2 aromatic rings. The number of nitrogens with two attached hydrogens (primary N) is 1. The molecule has 0 amide bonds. The van der Waals surface area contributed by atoms with Crippen molar-refractivity contribution in [2.45, 2.75) is 118 Å². The van der Waals surface area contributed by atoms with E-state index in [1.165, 1.54) is 46.5 Å². The van der Waals surface area contributed by atoms with Gasteiger partial charge in [0.1, 0.15) is 5.82 Å². The van der Waals surface area contributed by atoms with Crippen molar-refractivity contribution in [2.24, 2.45) is 44.8 Å². The first-order chi connectivity index (χ1) is 22.6. The van der Waals surface area contributed by atoms with Crippen LogP contribution < -0.4 is 5.73 Å². The van der Waals surface area contributed by atoms with Gasteiger partial charge in [0.25, 0.3) is 0 Å². The maximum Gasteiger partial charge on any atom is 0.310 e. The summed E-state index contributed by atoms with van der Waals surface area (Å²) < 4.78 is 5.63. The first-order valence-corrected chi connectivity index (χ1v) is 18.8. The topological polar surface area (TPSA) is 120 Å². The monoisotopic (exact) mass is 657 g/mol. The molecule has 5 N–H and O–H groups in total. The molecule has 262 valence electrons. The Morgan fingerprint density at radius 1 is 1.04 bits per heavy atom. The molecule has 4 fully saturated rings. The van der Waals surface area contributed by atoms with Crippen LogP contribution in [0.15, 0.2) is 17.8 Å². The van der Waals surface area contributed by atoms with E-state index in [0.29, 0.717) is 17.7 Å². The van der Waals surface area contributed by atoms with Gasteiger partial charge in [-0.3, -0.25) is 14.8 Å². The lowest BCUT2D eigenvalue weighted by molar-refractivity contribution is -0.175. The number of fused-ring (bicyclic) bond motifs is 8. The Balaban J connectivity index is 1.31. The molecule has 8 rings (SSSR count). The largest absolute Gasteiger partial charge is 0.481 e. The molecule has 0 bridgehead atoms. The minimum Gasteiger partial charge on any atom is -0.481 e. The SMILES string of the molecule is CC1(C)CCC2(C(=O)O)CCC3(C)C(=C(c4c[nH]c(CN5CCOCC5)c4)CC4C5(C)Cc6c(N)n[nH]c6C(C)(C)C5CCC43C)C2C1. The average Bonchev–Trinajstić information content (AvgIpc) is 3.64. The maximum atomic E-state index is 13.5. The number of morpholine rings is 1. The number of nitrogens with zero attached hydrogens (tertiary/aromatic N) is 2. The van der Waals surface area contributed by atoms with Gasteiger partial charge in [-0.25, -0.2) is 0 Å². The molecule has 1 aliphatic heterocycles. The number of nitrogens with one attached hydrogen (secondary N) is 2. The second kappa shape index (κ2) is 10.5.